The Hall–Kier alpha value is -2.18. The van der Waals surface area contributed by atoms with E-state index in [9.17, 15) is 4.79 Å². The summed E-state index contributed by atoms with van der Waals surface area (Å²) < 4.78 is 1.64. The van der Waals surface area contributed by atoms with Gasteiger partial charge in [0.25, 0.3) is 5.91 Å². The third kappa shape index (κ3) is 2.32. The SMILES string of the molecule is CCn1nc(C)cc1C(=O)Nc1n[nH]c(C)n1. The summed E-state index contributed by atoms with van der Waals surface area (Å²) in [5.74, 6) is 0.668. The van der Waals surface area contributed by atoms with E-state index in [1.54, 1.807) is 17.7 Å². The number of aryl methyl sites for hydroxylation is 3. The van der Waals surface area contributed by atoms with Crippen molar-refractivity contribution in [2.75, 3.05) is 5.32 Å². The second-order valence-electron chi connectivity index (χ2n) is 3.69. The van der Waals surface area contributed by atoms with Crippen molar-refractivity contribution in [2.45, 2.75) is 27.3 Å². The van der Waals surface area contributed by atoms with Crippen LogP contribution in [0.5, 0.6) is 0 Å². The second kappa shape index (κ2) is 4.36. The first-order chi connectivity index (χ1) is 8.10. The zero-order chi connectivity index (χ0) is 12.4. The molecule has 0 aromatic carbocycles. The number of carbonyl (C=O) groups is 1. The van der Waals surface area contributed by atoms with E-state index in [4.69, 9.17) is 0 Å². The molecule has 0 aliphatic rings. The van der Waals surface area contributed by atoms with Crippen molar-refractivity contribution >= 4 is 11.9 Å². The van der Waals surface area contributed by atoms with Crippen molar-refractivity contribution in [3.05, 3.63) is 23.3 Å². The van der Waals surface area contributed by atoms with Crippen molar-refractivity contribution in [3.8, 4) is 0 Å². The second-order valence-corrected chi connectivity index (χ2v) is 3.69. The van der Waals surface area contributed by atoms with Crippen LogP contribution in [-0.4, -0.2) is 30.9 Å². The van der Waals surface area contributed by atoms with Crippen LogP contribution in [0.1, 0.15) is 28.9 Å². The normalized spacial score (nSPS) is 10.5. The maximum atomic E-state index is 12.0. The highest BCUT2D eigenvalue weighted by Gasteiger charge is 2.14. The van der Waals surface area contributed by atoms with Gasteiger partial charge in [0.1, 0.15) is 11.5 Å². The lowest BCUT2D eigenvalue weighted by atomic mass is 10.3. The van der Waals surface area contributed by atoms with E-state index < -0.39 is 0 Å². The molecule has 2 rings (SSSR count). The zero-order valence-electron chi connectivity index (χ0n) is 9.98. The smallest absolute Gasteiger partial charge is 0.276 e. The maximum absolute atomic E-state index is 12.0. The van der Waals surface area contributed by atoms with Crippen molar-refractivity contribution in [1.82, 2.24) is 25.0 Å². The summed E-state index contributed by atoms with van der Waals surface area (Å²) in [6, 6.07) is 1.73. The maximum Gasteiger partial charge on any atom is 0.276 e. The molecular formula is C10H14N6O. The number of amides is 1. The van der Waals surface area contributed by atoms with Crippen molar-refractivity contribution in [2.24, 2.45) is 0 Å². The quantitative estimate of drug-likeness (QED) is 0.825. The highest BCUT2D eigenvalue weighted by atomic mass is 16.2. The average molecular weight is 234 g/mol. The predicted molar refractivity (Wildman–Crippen MR) is 61.7 cm³/mol. The van der Waals surface area contributed by atoms with Gasteiger partial charge in [0.15, 0.2) is 0 Å². The first-order valence-corrected chi connectivity index (χ1v) is 5.35. The van der Waals surface area contributed by atoms with Crippen LogP contribution in [0.3, 0.4) is 0 Å². The van der Waals surface area contributed by atoms with Gasteiger partial charge in [0, 0.05) is 6.54 Å². The molecule has 0 radical (unpaired) electrons. The topological polar surface area (TPSA) is 88.5 Å². The minimum Gasteiger partial charge on any atom is -0.288 e. The van der Waals surface area contributed by atoms with Gasteiger partial charge in [-0.2, -0.15) is 10.1 Å². The number of hydrogen-bond donors (Lipinski definition) is 2. The number of rotatable bonds is 3. The van der Waals surface area contributed by atoms with Gasteiger partial charge >= 0.3 is 0 Å². The van der Waals surface area contributed by atoms with E-state index in [0.29, 0.717) is 18.1 Å². The molecule has 2 aromatic rings. The summed E-state index contributed by atoms with van der Waals surface area (Å²) in [6.07, 6.45) is 0. The fourth-order valence-electron chi connectivity index (χ4n) is 1.53. The Balaban J connectivity index is 2.19. The largest absolute Gasteiger partial charge is 0.288 e. The fraction of sp³-hybridized carbons (Fsp3) is 0.400. The van der Waals surface area contributed by atoms with Crippen molar-refractivity contribution in [1.29, 1.82) is 0 Å². The van der Waals surface area contributed by atoms with Crippen LogP contribution < -0.4 is 5.32 Å². The van der Waals surface area contributed by atoms with Crippen LogP contribution >= 0.6 is 0 Å². The van der Waals surface area contributed by atoms with E-state index in [1.165, 1.54) is 0 Å². The molecule has 7 heteroatoms. The van der Waals surface area contributed by atoms with Crippen LogP contribution in [0.25, 0.3) is 0 Å². The lowest BCUT2D eigenvalue weighted by Crippen LogP contribution is -2.18. The van der Waals surface area contributed by atoms with Gasteiger partial charge in [-0.05, 0) is 26.8 Å². The molecule has 2 aromatic heterocycles. The van der Waals surface area contributed by atoms with Gasteiger partial charge in [0.2, 0.25) is 5.95 Å². The molecule has 0 atom stereocenters. The molecule has 0 saturated carbocycles. The molecule has 0 unspecified atom stereocenters. The van der Waals surface area contributed by atoms with Gasteiger partial charge in [-0.25, -0.2) is 0 Å². The average Bonchev–Trinajstić information content (AvgIpc) is 2.84. The van der Waals surface area contributed by atoms with Gasteiger partial charge in [-0.3, -0.25) is 19.9 Å². The lowest BCUT2D eigenvalue weighted by molar-refractivity contribution is 0.101. The Morgan fingerprint density at radius 2 is 2.29 bits per heavy atom. The number of hydrogen-bond acceptors (Lipinski definition) is 4. The van der Waals surface area contributed by atoms with Crippen LogP contribution in [0.4, 0.5) is 5.95 Å². The number of anilines is 1. The highest BCUT2D eigenvalue weighted by Crippen LogP contribution is 2.06. The molecule has 0 aliphatic carbocycles. The minimum absolute atomic E-state index is 0.258. The first-order valence-electron chi connectivity index (χ1n) is 5.35. The Kier molecular flexibility index (Phi) is 2.90. The Labute approximate surface area is 98.2 Å². The third-order valence-electron chi connectivity index (χ3n) is 2.26. The van der Waals surface area contributed by atoms with E-state index >= 15 is 0 Å². The zero-order valence-corrected chi connectivity index (χ0v) is 9.98. The molecule has 0 fully saturated rings. The van der Waals surface area contributed by atoms with Crippen LogP contribution in [0.2, 0.25) is 0 Å². The predicted octanol–water partition coefficient (Wildman–Crippen LogP) is 0.890. The number of H-pyrrole nitrogens is 1. The van der Waals surface area contributed by atoms with Crippen molar-refractivity contribution in [3.63, 3.8) is 0 Å². The van der Waals surface area contributed by atoms with E-state index in [-0.39, 0.29) is 11.9 Å². The molecular weight excluding hydrogens is 220 g/mol. The van der Waals surface area contributed by atoms with Crippen LogP contribution in [0.15, 0.2) is 6.07 Å². The van der Waals surface area contributed by atoms with Gasteiger partial charge < -0.3 is 0 Å². The van der Waals surface area contributed by atoms with Gasteiger partial charge in [0.05, 0.1) is 5.69 Å². The Morgan fingerprint density at radius 3 is 2.88 bits per heavy atom. The van der Waals surface area contributed by atoms with E-state index in [2.05, 4.69) is 25.6 Å². The van der Waals surface area contributed by atoms with Gasteiger partial charge in [-0.15, -0.1) is 5.10 Å². The number of aromatic nitrogens is 5. The molecule has 1 amide bonds. The summed E-state index contributed by atoms with van der Waals surface area (Å²) in [4.78, 5) is 16.0. The molecule has 90 valence electrons. The summed E-state index contributed by atoms with van der Waals surface area (Å²) in [6.45, 7) is 6.19. The summed E-state index contributed by atoms with van der Waals surface area (Å²) in [7, 11) is 0. The Bertz CT molecular complexity index is 541. The first kappa shape index (κ1) is 11.3. The van der Waals surface area contributed by atoms with Crippen LogP contribution in [0, 0.1) is 13.8 Å². The van der Waals surface area contributed by atoms with E-state index in [0.717, 1.165) is 5.69 Å². The summed E-state index contributed by atoms with van der Waals surface area (Å²) in [5.41, 5.74) is 1.32. The van der Waals surface area contributed by atoms with Crippen molar-refractivity contribution < 1.29 is 4.79 Å². The monoisotopic (exact) mass is 234 g/mol. The fourth-order valence-corrected chi connectivity index (χ4v) is 1.53. The summed E-state index contributed by atoms with van der Waals surface area (Å²) in [5, 5.41) is 13.3. The number of carbonyl (C=O) groups excluding carboxylic acids is 1. The van der Waals surface area contributed by atoms with Crippen LogP contribution in [-0.2, 0) is 6.54 Å². The molecule has 7 nitrogen and oxygen atoms in total. The summed E-state index contributed by atoms with van der Waals surface area (Å²) >= 11 is 0. The minimum atomic E-state index is -0.258. The standard InChI is InChI=1S/C10H14N6O/c1-4-16-8(5-6(2)15-16)9(17)12-10-11-7(3)13-14-10/h5H,4H2,1-3H3,(H2,11,12,13,14,17). The highest BCUT2D eigenvalue weighted by molar-refractivity contribution is 6.02. The lowest BCUT2D eigenvalue weighted by Gasteiger charge is -2.02. The number of nitrogens with one attached hydrogen (secondary N) is 2. The molecule has 2 N–H and O–H groups in total. The molecule has 0 aliphatic heterocycles. The van der Waals surface area contributed by atoms with E-state index in [1.807, 2.05) is 13.8 Å². The molecule has 0 spiro atoms. The molecule has 2 heterocycles. The molecule has 0 saturated heterocycles. The molecule has 0 bridgehead atoms. The van der Waals surface area contributed by atoms with Gasteiger partial charge in [-0.1, -0.05) is 0 Å². The third-order valence-corrected chi connectivity index (χ3v) is 2.26. The number of nitrogens with zero attached hydrogens (tertiary/aromatic N) is 4. The molecule has 17 heavy (non-hydrogen) atoms. The Morgan fingerprint density at radius 1 is 1.53 bits per heavy atom. The number of aromatic amines is 1.